The molecule has 1 aromatic carbocycles. The van der Waals surface area contributed by atoms with Gasteiger partial charge in [-0.25, -0.2) is 0 Å². The third-order valence-corrected chi connectivity index (χ3v) is 3.75. The summed E-state index contributed by atoms with van der Waals surface area (Å²) in [7, 11) is 0. The molecule has 22 heavy (non-hydrogen) atoms. The number of ether oxygens (including phenoxy) is 1. The fourth-order valence-electron chi connectivity index (χ4n) is 2.25. The zero-order valence-electron chi connectivity index (χ0n) is 12.4. The Balaban J connectivity index is 1.63. The molecule has 0 aromatic heterocycles. The fraction of sp³-hybridized carbons (Fsp3) is 0.467. The van der Waals surface area contributed by atoms with Gasteiger partial charge in [0.15, 0.2) is 0 Å². The molecule has 1 saturated heterocycles. The first-order valence-corrected chi connectivity index (χ1v) is 7.79. The maximum atomic E-state index is 11.7. The van der Waals surface area contributed by atoms with Crippen molar-refractivity contribution in [2.24, 2.45) is 0 Å². The number of morpholine rings is 1. The molecule has 6 nitrogen and oxygen atoms in total. The van der Waals surface area contributed by atoms with E-state index in [1.54, 1.807) is 24.3 Å². The lowest BCUT2D eigenvalue weighted by atomic mass is 10.3. The topological polar surface area (TPSA) is 71.9 Å². The van der Waals surface area contributed by atoms with Gasteiger partial charge in [0, 0.05) is 23.7 Å². The summed E-state index contributed by atoms with van der Waals surface area (Å²) in [5.41, 5.74) is 0.544. The van der Waals surface area contributed by atoms with E-state index >= 15 is 0 Å². The molecule has 1 heterocycles. The van der Waals surface area contributed by atoms with Gasteiger partial charge in [0.1, 0.15) is 13.1 Å². The summed E-state index contributed by atoms with van der Waals surface area (Å²) in [5.74, 6) is -1.28. The highest BCUT2D eigenvalue weighted by molar-refractivity contribution is 6.39. The van der Waals surface area contributed by atoms with Gasteiger partial charge in [-0.2, -0.15) is 0 Å². The molecule has 1 fully saturated rings. The third kappa shape index (κ3) is 5.63. The van der Waals surface area contributed by atoms with E-state index in [0.717, 1.165) is 39.3 Å². The lowest BCUT2D eigenvalue weighted by molar-refractivity contribution is -0.908. The van der Waals surface area contributed by atoms with Crippen LogP contribution < -0.4 is 15.5 Å². The van der Waals surface area contributed by atoms with E-state index < -0.39 is 11.8 Å². The molecule has 1 aliphatic rings. The number of quaternary nitrogens is 1. The highest BCUT2D eigenvalue weighted by Gasteiger charge is 2.15. The summed E-state index contributed by atoms with van der Waals surface area (Å²) >= 11 is 5.76. The Morgan fingerprint density at radius 3 is 2.50 bits per heavy atom. The molecule has 3 N–H and O–H groups in total. The van der Waals surface area contributed by atoms with Crippen molar-refractivity contribution in [2.45, 2.75) is 6.42 Å². The predicted octanol–water partition coefficient (Wildman–Crippen LogP) is -0.300. The van der Waals surface area contributed by atoms with Crippen LogP contribution in [0.25, 0.3) is 0 Å². The molecule has 2 rings (SSSR count). The number of hydrogen-bond donors (Lipinski definition) is 3. The summed E-state index contributed by atoms with van der Waals surface area (Å²) < 4.78 is 5.29. The van der Waals surface area contributed by atoms with Crippen LogP contribution >= 0.6 is 11.6 Å². The number of anilines is 1. The van der Waals surface area contributed by atoms with Crippen molar-refractivity contribution in [2.75, 3.05) is 44.7 Å². The molecule has 120 valence electrons. The standard InChI is InChI=1S/C15H20ClN3O3/c16-12-2-4-13(5-3-12)18-15(21)14(20)17-6-1-7-19-8-10-22-11-9-19/h2-5H,1,6-11H2,(H,17,20)(H,18,21)/p+1. The van der Waals surface area contributed by atoms with Gasteiger partial charge < -0.3 is 20.3 Å². The summed E-state index contributed by atoms with van der Waals surface area (Å²) in [5, 5.41) is 5.74. The summed E-state index contributed by atoms with van der Waals surface area (Å²) in [6, 6.07) is 6.60. The second kappa shape index (κ2) is 8.73. The number of carbonyl (C=O) groups excluding carboxylic acids is 2. The molecular formula is C15H21ClN3O3+. The Bertz CT molecular complexity index is 501. The van der Waals surface area contributed by atoms with E-state index in [4.69, 9.17) is 16.3 Å². The number of nitrogens with one attached hydrogen (secondary N) is 3. The van der Waals surface area contributed by atoms with Crippen molar-refractivity contribution >= 4 is 29.1 Å². The summed E-state index contributed by atoms with van der Waals surface area (Å²) in [6.07, 6.45) is 0.843. The van der Waals surface area contributed by atoms with Gasteiger partial charge in [0.2, 0.25) is 0 Å². The highest BCUT2D eigenvalue weighted by Crippen LogP contribution is 2.12. The predicted molar refractivity (Wildman–Crippen MR) is 84.1 cm³/mol. The second-order valence-corrected chi connectivity index (χ2v) is 5.62. The van der Waals surface area contributed by atoms with Gasteiger partial charge in [-0.1, -0.05) is 11.6 Å². The van der Waals surface area contributed by atoms with Gasteiger partial charge in [-0.3, -0.25) is 9.59 Å². The van der Waals surface area contributed by atoms with Crippen molar-refractivity contribution < 1.29 is 19.2 Å². The normalized spacial score (nSPS) is 15.3. The Morgan fingerprint density at radius 1 is 1.14 bits per heavy atom. The van der Waals surface area contributed by atoms with Crippen molar-refractivity contribution in [3.63, 3.8) is 0 Å². The lowest BCUT2D eigenvalue weighted by Gasteiger charge is -2.23. The Hall–Kier alpha value is -1.63. The summed E-state index contributed by atoms with van der Waals surface area (Å²) in [4.78, 5) is 24.9. The fourth-order valence-corrected chi connectivity index (χ4v) is 2.38. The minimum absolute atomic E-state index is 0.497. The monoisotopic (exact) mass is 326 g/mol. The zero-order chi connectivity index (χ0) is 15.8. The van der Waals surface area contributed by atoms with Gasteiger partial charge in [0.05, 0.1) is 19.8 Å². The van der Waals surface area contributed by atoms with Gasteiger partial charge in [0.25, 0.3) is 0 Å². The SMILES string of the molecule is O=C(NCCC[NH+]1CCOCC1)C(=O)Nc1ccc(Cl)cc1. The molecule has 0 aliphatic carbocycles. The van der Waals surface area contributed by atoms with E-state index in [1.165, 1.54) is 4.90 Å². The summed E-state index contributed by atoms with van der Waals surface area (Å²) in [6.45, 7) is 5.08. The minimum Gasteiger partial charge on any atom is -0.370 e. The van der Waals surface area contributed by atoms with Crippen molar-refractivity contribution in [1.29, 1.82) is 0 Å². The molecule has 0 atom stereocenters. The first-order chi connectivity index (χ1) is 10.6. The third-order valence-electron chi connectivity index (χ3n) is 3.50. The van der Waals surface area contributed by atoms with Crippen LogP contribution in [0, 0.1) is 0 Å². The maximum absolute atomic E-state index is 11.7. The quantitative estimate of drug-likeness (QED) is 0.514. The van der Waals surface area contributed by atoms with Gasteiger partial charge in [-0.15, -0.1) is 0 Å². The molecule has 0 radical (unpaired) electrons. The van der Waals surface area contributed by atoms with Crippen molar-refractivity contribution in [3.05, 3.63) is 29.3 Å². The molecule has 1 aliphatic heterocycles. The number of benzene rings is 1. The van der Waals surface area contributed by atoms with Crippen molar-refractivity contribution in [3.8, 4) is 0 Å². The van der Waals surface area contributed by atoms with Crippen LogP contribution in [0.3, 0.4) is 0 Å². The number of amides is 2. The average molecular weight is 327 g/mol. The van der Waals surface area contributed by atoms with Crippen molar-refractivity contribution in [1.82, 2.24) is 5.32 Å². The van der Waals surface area contributed by atoms with Crippen LogP contribution in [-0.4, -0.2) is 51.2 Å². The van der Waals surface area contributed by atoms with Crippen LogP contribution in [0.2, 0.25) is 5.02 Å². The van der Waals surface area contributed by atoms with Crippen LogP contribution in [0.4, 0.5) is 5.69 Å². The van der Waals surface area contributed by atoms with E-state index in [0.29, 0.717) is 17.3 Å². The Kier molecular flexibility index (Phi) is 6.64. The highest BCUT2D eigenvalue weighted by atomic mass is 35.5. The van der Waals surface area contributed by atoms with E-state index in [2.05, 4.69) is 10.6 Å². The second-order valence-electron chi connectivity index (χ2n) is 5.18. The first-order valence-electron chi connectivity index (χ1n) is 7.41. The average Bonchev–Trinajstić information content (AvgIpc) is 2.54. The molecule has 1 aromatic rings. The molecule has 0 spiro atoms. The van der Waals surface area contributed by atoms with Gasteiger partial charge in [-0.05, 0) is 24.3 Å². The molecule has 0 saturated carbocycles. The van der Waals surface area contributed by atoms with E-state index in [9.17, 15) is 9.59 Å². The zero-order valence-corrected chi connectivity index (χ0v) is 13.1. The number of carbonyl (C=O) groups is 2. The number of hydrogen-bond acceptors (Lipinski definition) is 3. The lowest BCUT2D eigenvalue weighted by Crippen LogP contribution is -3.14. The van der Waals surface area contributed by atoms with Crippen LogP contribution in [0.5, 0.6) is 0 Å². The van der Waals surface area contributed by atoms with E-state index in [1.807, 2.05) is 0 Å². The largest absolute Gasteiger partial charge is 0.370 e. The van der Waals surface area contributed by atoms with E-state index in [-0.39, 0.29) is 0 Å². The number of halogens is 1. The molecule has 2 amide bonds. The molecular weight excluding hydrogens is 306 g/mol. The minimum atomic E-state index is -0.666. The number of rotatable bonds is 5. The van der Waals surface area contributed by atoms with Crippen LogP contribution in [-0.2, 0) is 14.3 Å². The Labute approximate surface area is 134 Å². The molecule has 0 bridgehead atoms. The molecule has 7 heteroatoms. The Morgan fingerprint density at radius 2 is 1.82 bits per heavy atom. The van der Waals surface area contributed by atoms with Crippen LogP contribution in [0.1, 0.15) is 6.42 Å². The van der Waals surface area contributed by atoms with Crippen LogP contribution in [0.15, 0.2) is 24.3 Å². The van der Waals surface area contributed by atoms with Gasteiger partial charge >= 0.3 is 11.8 Å². The first kappa shape index (κ1) is 16.7. The molecule has 0 unspecified atom stereocenters. The smallest absolute Gasteiger partial charge is 0.313 e. The maximum Gasteiger partial charge on any atom is 0.313 e.